The van der Waals surface area contributed by atoms with Crippen LogP contribution >= 0.6 is 0 Å². The van der Waals surface area contributed by atoms with Crippen LogP contribution in [-0.2, 0) is 18.3 Å². The van der Waals surface area contributed by atoms with Gasteiger partial charge in [-0.15, -0.1) is 0 Å². The van der Waals surface area contributed by atoms with Gasteiger partial charge in [-0.25, -0.2) is 4.98 Å². The summed E-state index contributed by atoms with van der Waals surface area (Å²) in [5.41, 5.74) is 0.926. The van der Waals surface area contributed by atoms with Gasteiger partial charge >= 0.3 is 0 Å². The van der Waals surface area contributed by atoms with Crippen molar-refractivity contribution in [3.05, 3.63) is 42.5 Å². The molecule has 0 aliphatic carbocycles. The molecule has 0 radical (unpaired) electrons. The van der Waals surface area contributed by atoms with Crippen LogP contribution in [0.4, 0.5) is 5.69 Å². The van der Waals surface area contributed by atoms with E-state index in [1.54, 1.807) is 6.20 Å². The van der Waals surface area contributed by atoms with Crippen LogP contribution in [0.1, 0.15) is 5.82 Å². The van der Waals surface area contributed by atoms with Gasteiger partial charge in [-0.3, -0.25) is 4.79 Å². The lowest BCUT2D eigenvalue weighted by Crippen LogP contribution is -2.45. The zero-order chi connectivity index (χ0) is 14.7. The van der Waals surface area contributed by atoms with Crippen molar-refractivity contribution in [1.82, 2.24) is 14.9 Å². The number of imidazole rings is 1. The maximum atomic E-state index is 12.1. The van der Waals surface area contributed by atoms with E-state index in [0.29, 0.717) is 25.3 Å². The molecule has 0 fully saturated rings. The number of ether oxygens (including phenoxy) is 1. The van der Waals surface area contributed by atoms with Crippen molar-refractivity contribution >= 4 is 11.6 Å². The van der Waals surface area contributed by atoms with Gasteiger partial charge < -0.3 is 19.9 Å². The minimum Gasteiger partial charge on any atom is -0.477 e. The van der Waals surface area contributed by atoms with Crippen LogP contribution in [0.25, 0.3) is 0 Å². The van der Waals surface area contributed by atoms with E-state index in [9.17, 15) is 4.79 Å². The standard InChI is InChI=1S/C15H18N4O2/c1-19-9-8-16-14(19)6-7-17-15(20)13-10-18-11-4-2-3-5-12(11)21-13/h2-5,8-9,13,18H,6-7,10H2,1H3,(H,17,20). The van der Waals surface area contributed by atoms with E-state index in [2.05, 4.69) is 15.6 Å². The zero-order valence-electron chi connectivity index (χ0n) is 11.9. The van der Waals surface area contributed by atoms with E-state index in [0.717, 1.165) is 11.5 Å². The number of para-hydroxylation sites is 2. The maximum Gasteiger partial charge on any atom is 0.262 e. The molecule has 2 N–H and O–H groups in total. The van der Waals surface area contributed by atoms with Gasteiger partial charge in [-0.1, -0.05) is 12.1 Å². The number of aromatic nitrogens is 2. The van der Waals surface area contributed by atoms with Crippen LogP contribution in [0.3, 0.4) is 0 Å². The van der Waals surface area contributed by atoms with Crippen LogP contribution in [-0.4, -0.2) is 34.7 Å². The van der Waals surface area contributed by atoms with Gasteiger partial charge in [0.1, 0.15) is 11.6 Å². The number of hydrogen-bond acceptors (Lipinski definition) is 4. The molecule has 3 rings (SSSR count). The second-order valence-corrected chi connectivity index (χ2v) is 4.98. The molecule has 110 valence electrons. The first kappa shape index (κ1) is 13.5. The number of carbonyl (C=O) groups excluding carboxylic acids is 1. The molecule has 0 saturated heterocycles. The highest BCUT2D eigenvalue weighted by Crippen LogP contribution is 2.28. The van der Waals surface area contributed by atoms with E-state index in [-0.39, 0.29) is 5.91 Å². The number of hydrogen-bond donors (Lipinski definition) is 2. The summed E-state index contributed by atoms with van der Waals surface area (Å²) in [7, 11) is 1.94. The summed E-state index contributed by atoms with van der Waals surface area (Å²) in [6.07, 6.45) is 3.84. The summed E-state index contributed by atoms with van der Waals surface area (Å²) in [6.45, 7) is 1.02. The van der Waals surface area contributed by atoms with Crippen molar-refractivity contribution in [3.63, 3.8) is 0 Å². The Hall–Kier alpha value is -2.50. The number of fused-ring (bicyclic) bond motifs is 1. The molecule has 1 amide bonds. The molecule has 1 atom stereocenters. The van der Waals surface area contributed by atoms with Crippen molar-refractivity contribution in [1.29, 1.82) is 0 Å². The predicted molar refractivity (Wildman–Crippen MR) is 79.3 cm³/mol. The number of benzene rings is 1. The normalized spacial score (nSPS) is 16.5. The second-order valence-electron chi connectivity index (χ2n) is 4.98. The van der Waals surface area contributed by atoms with Crippen LogP contribution in [0.5, 0.6) is 5.75 Å². The lowest BCUT2D eigenvalue weighted by Gasteiger charge is -2.26. The Morgan fingerprint density at radius 3 is 3.19 bits per heavy atom. The van der Waals surface area contributed by atoms with E-state index >= 15 is 0 Å². The molecule has 0 spiro atoms. The first-order valence-corrected chi connectivity index (χ1v) is 6.97. The highest BCUT2D eigenvalue weighted by atomic mass is 16.5. The fraction of sp³-hybridized carbons (Fsp3) is 0.333. The summed E-state index contributed by atoms with van der Waals surface area (Å²) in [4.78, 5) is 16.3. The van der Waals surface area contributed by atoms with Crippen LogP contribution < -0.4 is 15.4 Å². The molecule has 0 saturated carbocycles. The zero-order valence-corrected chi connectivity index (χ0v) is 11.9. The van der Waals surface area contributed by atoms with Crippen molar-refractivity contribution in [2.75, 3.05) is 18.4 Å². The van der Waals surface area contributed by atoms with Crippen LogP contribution in [0.15, 0.2) is 36.7 Å². The molecule has 1 aromatic carbocycles. The summed E-state index contributed by atoms with van der Waals surface area (Å²) >= 11 is 0. The smallest absolute Gasteiger partial charge is 0.262 e. The number of aryl methyl sites for hydroxylation is 1. The summed E-state index contributed by atoms with van der Waals surface area (Å²) < 4.78 is 7.66. The SMILES string of the molecule is Cn1ccnc1CCNC(=O)C1CNc2ccccc2O1. The Morgan fingerprint density at radius 1 is 1.52 bits per heavy atom. The summed E-state index contributed by atoms with van der Waals surface area (Å²) in [5, 5.41) is 6.10. The Bertz CT molecular complexity index is 638. The van der Waals surface area contributed by atoms with E-state index in [4.69, 9.17) is 4.74 Å². The molecule has 1 aliphatic rings. The average Bonchev–Trinajstić information content (AvgIpc) is 2.92. The number of nitrogens with one attached hydrogen (secondary N) is 2. The fourth-order valence-corrected chi connectivity index (χ4v) is 2.31. The van der Waals surface area contributed by atoms with Crippen molar-refractivity contribution in [3.8, 4) is 5.75 Å². The molecule has 1 aliphatic heterocycles. The molecule has 21 heavy (non-hydrogen) atoms. The third-order valence-electron chi connectivity index (χ3n) is 3.50. The van der Waals surface area contributed by atoms with Gasteiger partial charge in [0, 0.05) is 32.4 Å². The van der Waals surface area contributed by atoms with Crippen molar-refractivity contribution < 1.29 is 9.53 Å². The molecule has 2 heterocycles. The minimum absolute atomic E-state index is 0.105. The van der Waals surface area contributed by atoms with Gasteiger partial charge in [0.15, 0.2) is 6.10 Å². The topological polar surface area (TPSA) is 68.2 Å². The van der Waals surface area contributed by atoms with E-state index in [1.165, 1.54) is 0 Å². The minimum atomic E-state index is -0.499. The van der Waals surface area contributed by atoms with Crippen molar-refractivity contribution in [2.24, 2.45) is 7.05 Å². The van der Waals surface area contributed by atoms with Gasteiger partial charge in [0.05, 0.1) is 12.2 Å². The van der Waals surface area contributed by atoms with Gasteiger partial charge in [0.2, 0.25) is 0 Å². The Balaban J connectivity index is 1.52. The van der Waals surface area contributed by atoms with Crippen LogP contribution in [0, 0.1) is 0 Å². The predicted octanol–water partition coefficient (Wildman–Crippen LogP) is 0.952. The first-order chi connectivity index (χ1) is 10.2. The molecule has 2 aromatic rings. The van der Waals surface area contributed by atoms with Gasteiger partial charge in [-0.2, -0.15) is 0 Å². The largest absolute Gasteiger partial charge is 0.477 e. The second kappa shape index (κ2) is 5.87. The third kappa shape index (κ3) is 2.99. The highest BCUT2D eigenvalue weighted by molar-refractivity contribution is 5.83. The number of amides is 1. The van der Waals surface area contributed by atoms with Crippen molar-refractivity contribution in [2.45, 2.75) is 12.5 Å². The van der Waals surface area contributed by atoms with Gasteiger partial charge in [0.25, 0.3) is 5.91 Å². The molecule has 6 nitrogen and oxygen atoms in total. The highest BCUT2D eigenvalue weighted by Gasteiger charge is 2.25. The Kier molecular flexibility index (Phi) is 3.77. The average molecular weight is 286 g/mol. The Labute approximate surface area is 123 Å². The number of carbonyl (C=O) groups is 1. The monoisotopic (exact) mass is 286 g/mol. The molecule has 6 heteroatoms. The van der Waals surface area contributed by atoms with Gasteiger partial charge in [-0.05, 0) is 12.1 Å². The summed E-state index contributed by atoms with van der Waals surface area (Å²) in [6, 6.07) is 7.62. The molecule has 1 unspecified atom stereocenters. The molecule has 1 aromatic heterocycles. The maximum absolute atomic E-state index is 12.1. The lowest BCUT2D eigenvalue weighted by molar-refractivity contribution is -0.127. The fourth-order valence-electron chi connectivity index (χ4n) is 2.31. The summed E-state index contributed by atoms with van der Waals surface area (Å²) in [5.74, 6) is 1.56. The molecule has 0 bridgehead atoms. The van der Waals surface area contributed by atoms with Crippen LogP contribution in [0.2, 0.25) is 0 Å². The third-order valence-corrected chi connectivity index (χ3v) is 3.50. The number of anilines is 1. The number of rotatable bonds is 4. The molecular formula is C15H18N4O2. The number of nitrogens with zero attached hydrogens (tertiary/aromatic N) is 2. The molecular weight excluding hydrogens is 268 g/mol. The van der Waals surface area contributed by atoms with E-state index in [1.807, 2.05) is 42.1 Å². The first-order valence-electron chi connectivity index (χ1n) is 6.97. The van der Waals surface area contributed by atoms with E-state index < -0.39 is 6.10 Å². The quantitative estimate of drug-likeness (QED) is 0.878. The Morgan fingerprint density at radius 2 is 2.38 bits per heavy atom. The lowest BCUT2D eigenvalue weighted by atomic mass is 10.2.